The van der Waals surface area contributed by atoms with E-state index in [1.807, 2.05) is 12.1 Å². The molecule has 0 aliphatic carbocycles. The van der Waals surface area contributed by atoms with Crippen LogP contribution in [-0.2, 0) is 0 Å². The molecule has 0 amide bonds. The second-order valence-electron chi connectivity index (χ2n) is 3.15. The summed E-state index contributed by atoms with van der Waals surface area (Å²) in [6.45, 7) is 7.36. The number of fused-ring (bicyclic) bond motifs is 1. The largest absolute Gasteiger partial charge is 0.254 e. The summed E-state index contributed by atoms with van der Waals surface area (Å²) in [6.07, 6.45) is 8.33. The Hall–Kier alpha value is -2.29. The van der Waals surface area contributed by atoms with E-state index in [-0.39, 0.29) is 0 Å². The van der Waals surface area contributed by atoms with E-state index in [0.29, 0.717) is 0 Å². The lowest BCUT2D eigenvalue weighted by atomic mass is 10.1. The summed E-state index contributed by atoms with van der Waals surface area (Å²) in [5.74, 6) is 0. The normalized spacial score (nSPS) is 10.8. The number of aliphatic imine (C=N–C) groups is 1. The molecule has 2 aromatic rings. The van der Waals surface area contributed by atoms with Crippen molar-refractivity contribution in [2.45, 2.75) is 0 Å². The number of benzene rings is 1. The third-order valence-corrected chi connectivity index (χ3v) is 2.17. The summed E-state index contributed by atoms with van der Waals surface area (Å²) in [4.78, 5) is 12.8. The molecule has 1 aromatic heterocycles. The summed E-state index contributed by atoms with van der Waals surface area (Å²) >= 11 is 0. The highest BCUT2D eigenvalue weighted by Gasteiger charge is 2.05. The predicted octanol–water partition coefficient (Wildman–Crippen LogP) is 3.16. The molecule has 0 unspecified atom stereocenters. The van der Waals surface area contributed by atoms with Gasteiger partial charge in [0.15, 0.2) is 0 Å². The Morgan fingerprint density at radius 2 is 1.94 bits per heavy atom. The lowest BCUT2D eigenvalue weighted by Gasteiger charge is -2.03. The van der Waals surface area contributed by atoms with Gasteiger partial charge in [-0.25, -0.2) is 0 Å². The number of rotatable bonds is 3. The second kappa shape index (κ2) is 4.49. The predicted molar refractivity (Wildman–Crippen MR) is 68.0 cm³/mol. The minimum absolute atomic E-state index is 0.776. The zero-order chi connectivity index (χ0) is 11.4. The molecule has 0 N–H and O–H groups in total. The van der Waals surface area contributed by atoms with Gasteiger partial charge in [-0.2, -0.15) is 0 Å². The average molecular weight is 209 g/mol. The Morgan fingerprint density at radius 3 is 2.69 bits per heavy atom. The van der Waals surface area contributed by atoms with Crippen molar-refractivity contribution >= 4 is 29.0 Å². The molecule has 16 heavy (non-hydrogen) atoms. The Balaban J connectivity index is 2.77. The molecule has 0 fully saturated rings. The van der Waals surface area contributed by atoms with Crippen LogP contribution in [0.25, 0.3) is 17.1 Å². The summed E-state index contributed by atoms with van der Waals surface area (Å²) < 4.78 is 0. The Bertz CT molecular complexity index is 570. The molecule has 0 saturated carbocycles. The zero-order valence-corrected chi connectivity index (χ0v) is 8.80. The van der Waals surface area contributed by atoms with Crippen molar-refractivity contribution in [3.05, 3.63) is 49.3 Å². The van der Waals surface area contributed by atoms with Gasteiger partial charge in [-0.15, -0.1) is 0 Å². The van der Waals surface area contributed by atoms with E-state index >= 15 is 0 Å². The maximum atomic E-state index is 4.31. The molecule has 0 atom stereocenters. The van der Waals surface area contributed by atoms with E-state index in [9.17, 15) is 0 Å². The topological polar surface area (TPSA) is 38.1 Å². The van der Waals surface area contributed by atoms with Crippen LogP contribution in [0.4, 0.5) is 5.69 Å². The van der Waals surface area contributed by atoms with Crippen molar-refractivity contribution in [2.24, 2.45) is 4.99 Å². The standard InChI is InChI=1S/C13H11N3/c1-3-7-15-12-10(4-2)5-6-11-13(12)16-9-8-14-11/h3-9H,1-2H2/b15-7-. The lowest BCUT2D eigenvalue weighted by Crippen LogP contribution is -1.85. The number of aromatic nitrogens is 2. The van der Waals surface area contributed by atoms with Gasteiger partial charge in [0.05, 0.1) is 11.2 Å². The molecule has 78 valence electrons. The zero-order valence-electron chi connectivity index (χ0n) is 8.80. The van der Waals surface area contributed by atoms with Crippen LogP contribution < -0.4 is 0 Å². The summed E-state index contributed by atoms with van der Waals surface area (Å²) in [5, 5.41) is 0. The van der Waals surface area contributed by atoms with Gasteiger partial charge in [0.1, 0.15) is 5.52 Å². The highest BCUT2D eigenvalue weighted by Crippen LogP contribution is 2.27. The monoisotopic (exact) mass is 209 g/mol. The molecule has 0 spiro atoms. The first kappa shape index (κ1) is 10.2. The maximum Gasteiger partial charge on any atom is 0.115 e. The summed E-state index contributed by atoms with van der Waals surface area (Å²) in [7, 11) is 0. The highest BCUT2D eigenvalue weighted by molar-refractivity contribution is 5.93. The van der Waals surface area contributed by atoms with Crippen molar-refractivity contribution in [1.82, 2.24) is 9.97 Å². The first-order chi connectivity index (χ1) is 7.86. The van der Waals surface area contributed by atoms with Crippen molar-refractivity contribution < 1.29 is 0 Å². The maximum absolute atomic E-state index is 4.31. The van der Waals surface area contributed by atoms with Crippen LogP contribution in [0.15, 0.2) is 48.8 Å². The van der Waals surface area contributed by atoms with Crippen LogP contribution >= 0.6 is 0 Å². The van der Waals surface area contributed by atoms with Crippen LogP contribution in [0.1, 0.15) is 5.56 Å². The van der Waals surface area contributed by atoms with Crippen molar-refractivity contribution in [2.75, 3.05) is 0 Å². The van der Waals surface area contributed by atoms with Gasteiger partial charge in [-0.3, -0.25) is 15.0 Å². The SMILES string of the molecule is C=C/C=N\c1c(C=C)ccc2nccnc12. The van der Waals surface area contributed by atoms with Crippen LogP contribution in [0.3, 0.4) is 0 Å². The summed E-state index contributed by atoms with van der Waals surface area (Å²) in [6, 6.07) is 3.84. The summed E-state index contributed by atoms with van der Waals surface area (Å²) in [5.41, 5.74) is 3.31. The second-order valence-corrected chi connectivity index (χ2v) is 3.15. The van der Waals surface area contributed by atoms with Gasteiger partial charge in [0, 0.05) is 24.2 Å². The van der Waals surface area contributed by atoms with Gasteiger partial charge in [0.25, 0.3) is 0 Å². The minimum atomic E-state index is 0.776. The van der Waals surface area contributed by atoms with E-state index in [4.69, 9.17) is 0 Å². The fourth-order valence-electron chi connectivity index (χ4n) is 1.47. The van der Waals surface area contributed by atoms with Crippen LogP contribution in [0.5, 0.6) is 0 Å². The third-order valence-electron chi connectivity index (χ3n) is 2.17. The molecule has 1 heterocycles. The quantitative estimate of drug-likeness (QED) is 0.728. The van der Waals surface area contributed by atoms with Crippen LogP contribution in [0, 0.1) is 0 Å². The van der Waals surface area contributed by atoms with E-state index < -0.39 is 0 Å². The number of hydrogen-bond donors (Lipinski definition) is 0. The molecule has 0 radical (unpaired) electrons. The van der Waals surface area contributed by atoms with E-state index in [0.717, 1.165) is 22.3 Å². The van der Waals surface area contributed by atoms with Gasteiger partial charge in [-0.1, -0.05) is 31.4 Å². The molecular formula is C13H11N3. The smallest absolute Gasteiger partial charge is 0.115 e. The van der Waals surface area contributed by atoms with Crippen LogP contribution in [-0.4, -0.2) is 16.2 Å². The van der Waals surface area contributed by atoms with Crippen LogP contribution in [0.2, 0.25) is 0 Å². The Kier molecular flexibility index (Phi) is 2.87. The average Bonchev–Trinajstić information content (AvgIpc) is 2.35. The van der Waals surface area contributed by atoms with Crippen molar-refractivity contribution in [1.29, 1.82) is 0 Å². The number of nitrogens with zero attached hydrogens (tertiary/aromatic N) is 3. The molecule has 0 saturated heterocycles. The molecule has 3 heteroatoms. The van der Waals surface area contributed by atoms with Crippen molar-refractivity contribution in [3.8, 4) is 0 Å². The van der Waals surface area contributed by atoms with Gasteiger partial charge < -0.3 is 0 Å². The first-order valence-electron chi connectivity index (χ1n) is 4.88. The van der Waals surface area contributed by atoms with E-state index in [1.54, 1.807) is 30.8 Å². The molecule has 2 rings (SSSR count). The minimum Gasteiger partial charge on any atom is -0.254 e. The molecule has 3 nitrogen and oxygen atoms in total. The fraction of sp³-hybridized carbons (Fsp3) is 0. The first-order valence-corrected chi connectivity index (χ1v) is 4.88. The van der Waals surface area contributed by atoms with Crippen molar-refractivity contribution in [3.63, 3.8) is 0 Å². The number of hydrogen-bond acceptors (Lipinski definition) is 3. The number of allylic oxidation sites excluding steroid dienone is 1. The lowest BCUT2D eigenvalue weighted by molar-refractivity contribution is 1.29. The van der Waals surface area contributed by atoms with E-state index in [2.05, 4.69) is 28.1 Å². The Morgan fingerprint density at radius 1 is 1.12 bits per heavy atom. The Labute approximate surface area is 93.9 Å². The molecule has 0 aliphatic rings. The van der Waals surface area contributed by atoms with Gasteiger partial charge in [-0.05, 0) is 6.07 Å². The fourth-order valence-corrected chi connectivity index (χ4v) is 1.47. The van der Waals surface area contributed by atoms with Gasteiger partial charge in [0.2, 0.25) is 0 Å². The third kappa shape index (κ3) is 1.75. The molecule has 1 aromatic carbocycles. The molecule has 0 aliphatic heterocycles. The molecular weight excluding hydrogens is 198 g/mol. The highest BCUT2D eigenvalue weighted by atomic mass is 14.8. The van der Waals surface area contributed by atoms with Gasteiger partial charge >= 0.3 is 0 Å². The molecule has 0 bridgehead atoms. The van der Waals surface area contributed by atoms with E-state index in [1.165, 1.54) is 0 Å².